The summed E-state index contributed by atoms with van der Waals surface area (Å²) in [4.78, 5) is 27.3. The molecule has 0 saturated carbocycles. The lowest BCUT2D eigenvalue weighted by Crippen LogP contribution is -2.51. The molecule has 6 heteroatoms. The summed E-state index contributed by atoms with van der Waals surface area (Å²) in [5.41, 5.74) is 0.957. The van der Waals surface area contributed by atoms with Gasteiger partial charge >= 0.3 is 12.1 Å². The average molecular weight is 348 g/mol. The number of carboxylic acid groups (broad SMARTS) is 1. The number of amides is 1. The number of carbonyl (C=O) groups is 2. The molecular weight excluding hydrogens is 320 g/mol. The Morgan fingerprint density at radius 1 is 1.28 bits per heavy atom. The Morgan fingerprint density at radius 3 is 2.64 bits per heavy atom. The van der Waals surface area contributed by atoms with Gasteiger partial charge in [-0.25, -0.2) is 4.79 Å². The van der Waals surface area contributed by atoms with E-state index in [-0.39, 0.29) is 31.3 Å². The standard InChI is InChI=1S/C19H28N2O4/c1-15(2)20(13-18(22)23)12-17-10-6-7-11-21(17)19(24)25-14-16-8-4-3-5-9-16/h3-5,8-9,15,17H,6-7,10-14H2,1-2H3,(H,22,23). The molecule has 1 saturated heterocycles. The Hall–Kier alpha value is -2.08. The first-order valence-electron chi connectivity index (χ1n) is 8.90. The second-order valence-corrected chi connectivity index (χ2v) is 6.80. The van der Waals surface area contributed by atoms with Crippen molar-refractivity contribution in [3.05, 3.63) is 35.9 Å². The highest BCUT2D eigenvalue weighted by Crippen LogP contribution is 2.20. The molecule has 1 unspecified atom stereocenters. The van der Waals surface area contributed by atoms with E-state index in [2.05, 4.69) is 0 Å². The third-order valence-corrected chi connectivity index (χ3v) is 4.58. The first kappa shape index (κ1) is 19.2. The van der Waals surface area contributed by atoms with E-state index in [0.29, 0.717) is 13.1 Å². The molecule has 1 amide bonds. The van der Waals surface area contributed by atoms with Gasteiger partial charge in [0.25, 0.3) is 0 Å². The maximum atomic E-state index is 12.5. The zero-order valence-electron chi connectivity index (χ0n) is 15.1. The summed E-state index contributed by atoms with van der Waals surface area (Å²) in [5, 5.41) is 9.10. The number of benzene rings is 1. The largest absolute Gasteiger partial charge is 0.480 e. The molecule has 1 aliphatic rings. The quantitative estimate of drug-likeness (QED) is 0.820. The molecule has 1 N–H and O–H groups in total. The van der Waals surface area contributed by atoms with Gasteiger partial charge in [-0.1, -0.05) is 30.3 Å². The van der Waals surface area contributed by atoms with E-state index in [9.17, 15) is 9.59 Å². The number of piperidine rings is 1. The molecule has 0 spiro atoms. The van der Waals surface area contributed by atoms with Crippen molar-refractivity contribution >= 4 is 12.1 Å². The van der Waals surface area contributed by atoms with Crippen molar-refractivity contribution < 1.29 is 19.4 Å². The molecule has 0 bridgehead atoms. The molecule has 2 rings (SSSR count). The normalized spacial score (nSPS) is 17.8. The molecule has 138 valence electrons. The molecule has 6 nitrogen and oxygen atoms in total. The van der Waals surface area contributed by atoms with Crippen LogP contribution in [-0.4, -0.2) is 58.7 Å². The van der Waals surface area contributed by atoms with Crippen molar-refractivity contribution in [2.75, 3.05) is 19.6 Å². The van der Waals surface area contributed by atoms with Crippen molar-refractivity contribution in [1.29, 1.82) is 0 Å². The van der Waals surface area contributed by atoms with Crippen LogP contribution in [0.25, 0.3) is 0 Å². The predicted octanol–water partition coefficient (Wildman–Crippen LogP) is 2.97. The Bertz CT molecular complexity index is 562. The lowest BCUT2D eigenvalue weighted by molar-refractivity contribution is -0.139. The van der Waals surface area contributed by atoms with Gasteiger partial charge in [0.1, 0.15) is 6.61 Å². The fraction of sp³-hybridized carbons (Fsp3) is 0.579. The number of hydrogen-bond donors (Lipinski definition) is 1. The van der Waals surface area contributed by atoms with Gasteiger partial charge in [-0.3, -0.25) is 9.69 Å². The summed E-state index contributed by atoms with van der Waals surface area (Å²) in [6.07, 6.45) is 2.57. The second kappa shape index (κ2) is 9.42. The van der Waals surface area contributed by atoms with Crippen molar-refractivity contribution in [3.8, 4) is 0 Å². The summed E-state index contributed by atoms with van der Waals surface area (Å²) in [6.45, 7) is 5.42. The van der Waals surface area contributed by atoms with Gasteiger partial charge in [0.2, 0.25) is 0 Å². The highest BCUT2D eigenvalue weighted by atomic mass is 16.6. The number of likely N-dealkylation sites (tertiary alicyclic amines) is 1. The lowest BCUT2D eigenvalue weighted by Gasteiger charge is -2.38. The van der Waals surface area contributed by atoms with Gasteiger partial charge in [-0.2, -0.15) is 0 Å². The number of carbonyl (C=O) groups excluding carboxylic acids is 1. The monoisotopic (exact) mass is 348 g/mol. The van der Waals surface area contributed by atoms with Crippen LogP contribution in [0.5, 0.6) is 0 Å². The van der Waals surface area contributed by atoms with Crippen LogP contribution in [0.3, 0.4) is 0 Å². The average Bonchev–Trinajstić information content (AvgIpc) is 2.60. The SMILES string of the molecule is CC(C)N(CC(=O)O)CC1CCCCN1C(=O)OCc1ccccc1. The third kappa shape index (κ3) is 6.05. The van der Waals surface area contributed by atoms with Gasteiger partial charge in [0, 0.05) is 25.2 Å². The number of ether oxygens (including phenoxy) is 1. The number of nitrogens with zero attached hydrogens (tertiary/aromatic N) is 2. The first-order valence-corrected chi connectivity index (χ1v) is 8.90. The summed E-state index contributed by atoms with van der Waals surface area (Å²) in [7, 11) is 0. The molecule has 1 fully saturated rings. The molecule has 1 aromatic rings. The minimum atomic E-state index is -0.845. The van der Waals surface area contributed by atoms with Crippen molar-refractivity contribution in [1.82, 2.24) is 9.80 Å². The van der Waals surface area contributed by atoms with Crippen LogP contribution < -0.4 is 0 Å². The number of carboxylic acids is 1. The topological polar surface area (TPSA) is 70.1 Å². The van der Waals surface area contributed by atoms with Crippen molar-refractivity contribution in [2.45, 2.75) is 51.8 Å². The van der Waals surface area contributed by atoms with Crippen LogP contribution in [0.4, 0.5) is 4.79 Å². The van der Waals surface area contributed by atoms with E-state index >= 15 is 0 Å². The minimum Gasteiger partial charge on any atom is -0.480 e. The molecule has 1 heterocycles. The first-order chi connectivity index (χ1) is 12.0. The van der Waals surface area contributed by atoms with Gasteiger partial charge in [-0.05, 0) is 38.7 Å². The second-order valence-electron chi connectivity index (χ2n) is 6.80. The number of aliphatic carboxylic acids is 1. The van der Waals surface area contributed by atoms with Crippen LogP contribution in [-0.2, 0) is 16.1 Å². The summed E-state index contributed by atoms with van der Waals surface area (Å²) >= 11 is 0. The Morgan fingerprint density at radius 2 is 2.00 bits per heavy atom. The van der Waals surface area contributed by atoms with Gasteiger partial charge in [0.05, 0.1) is 6.54 Å². The zero-order chi connectivity index (χ0) is 18.2. The number of rotatable bonds is 7. The smallest absolute Gasteiger partial charge is 0.410 e. The van der Waals surface area contributed by atoms with E-state index in [1.807, 2.05) is 49.1 Å². The van der Waals surface area contributed by atoms with Crippen molar-refractivity contribution in [3.63, 3.8) is 0 Å². The van der Waals surface area contributed by atoms with E-state index in [4.69, 9.17) is 9.84 Å². The van der Waals surface area contributed by atoms with Crippen LogP contribution in [0, 0.1) is 0 Å². The highest BCUT2D eigenvalue weighted by Gasteiger charge is 2.30. The predicted molar refractivity (Wildman–Crippen MR) is 95.3 cm³/mol. The highest BCUT2D eigenvalue weighted by molar-refractivity contribution is 5.69. The van der Waals surface area contributed by atoms with Crippen molar-refractivity contribution in [2.24, 2.45) is 0 Å². The van der Waals surface area contributed by atoms with Gasteiger partial charge in [0.15, 0.2) is 0 Å². The minimum absolute atomic E-state index is 0.00114. The Kier molecular flexibility index (Phi) is 7.25. The van der Waals surface area contributed by atoms with Crippen LogP contribution in [0.15, 0.2) is 30.3 Å². The molecular formula is C19H28N2O4. The lowest BCUT2D eigenvalue weighted by atomic mass is 10.0. The zero-order valence-corrected chi connectivity index (χ0v) is 15.1. The van der Waals surface area contributed by atoms with Gasteiger partial charge < -0.3 is 14.7 Å². The molecule has 1 aliphatic heterocycles. The number of hydrogen-bond acceptors (Lipinski definition) is 4. The van der Waals surface area contributed by atoms with Crippen LogP contribution >= 0.6 is 0 Å². The molecule has 1 aromatic carbocycles. The fourth-order valence-corrected chi connectivity index (χ4v) is 3.14. The van der Waals surface area contributed by atoms with E-state index in [1.54, 1.807) is 4.90 Å². The summed E-state index contributed by atoms with van der Waals surface area (Å²) in [6, 6.07) is 9.72. The summed E-state index contributed by atoms with van der Waals surface area (Å²) in [5.74, 6) is -0.845. The van der Waals surface area contributed by atoms with Crippen LogP contribution in [0.1, 0.15) is 38.7 Å². The Labute approximate surface area is 149 Å². The maximum Gasteiger partial charge on any atom is 0.410 e. The van der Waals surface area contributed by atoms with Gasteiger partial charge in [-0.15, -0.1) is 0 Å². The van der Waals surface area contributed by atoms with E-state index < -0.39 is 5.97 Å². The molecule has 0 aliphatic carbocycles. The molecule has 0 aromatic heterocycles. The molecule has 25 heavy (non-hydrogen) atoms. The summed E-state index contributed by atoms with van der Waals surface area (Å²) < 4.78 is 5.47. The van der Waals surface area contributed by atoms with Crippen LogP contribution in [0.2, 0.25) is 0 Å². The van der Waals surface area contributed by atoms with E-state index in [0.717, 1.165) is 24.8 Å². The third-order valence-electron chi connectivity index (χ3n) is 4.58. The Balaban J connectivity index is 1.96. The fourth-order valence-electron chi connectivity index (χ4n) is 3.14. The molecule has 0 radical (unpaired) electrons. The molecule has 1 atom stereocenters. The van der Waals surface area contributed by atoms with E-state index in [1.165, 1.54) is 0 Å². The maximum absolute atomic E-state index is 12.5.